The molecule has 0 aliphatic rings. The lowest BCUT2D eigenvalue weighted by Gasteiger charge is -2.17. The van der Waals surface area contributed by atoms with Gasteiger partial charge in [0.05, 0.1) is 24.3 Å². The molecule has 6 nitrogen and oxygen atoms in total. The quantitative estimate of drug-likeness (QED) is 0.576. The summed E-state index contributed by atoms with van der Waals surface area (Å²) in [5.41, 5.74) is 2.27. The second-order valence-corrected chi connectivity index (χ2v) is 6.08. The Hall–Kier alpha value is -3.41. The molecule has 2 aromatic carbocycles. The largest absolute Gasteiger partial charge is 0.467 e. The van der Waals surface area contributed by atoms with Crippen LogP contribution in [0.4, 0.5) is 0 Å². The zero-order valence-corrected chi connectivity index (χ0v) is 14.2. The number of aromatic nitrogens is 3. The van der Waals surface area contributed by atoms with E-state index in [4.69, 9.17) is 4.74 Å². The van der Waals surface area contributed by atoms with Crippen LogP contribution >= 0.6 is 0 Å². The van der Waals surface area contributed by atoms with Crippen LogP contribution in [-0.2, 0) is 16.0 Å². The van der Waals surface area contributed by atoms with Crippen molar-refractivity contribution in [3.05, 3.63) is 77.0 Å². The summed E-state index contributed by atoms with van der Waals surface area (Å²) in [6.07, 6.45) is 3.61. The topological polar surface area (TPSA) is 77.0 Å². The van der Waals surface area contributed by atoms with E-state index in [0.29, 0.717) is 17.3 Å². The number of esters is 1. The second-order valence-electron chi connectivity index (χ2n) is 6.08. The van der Waals surface area contributed by atoms with Crippen LogP contribution in [0.2, 0.25) is 0 Å². The van der Waals surface area contributed by atoms with E-state index in [-0.39, 0.29) is 5.56 Å². The van der Waals surface area contributed by atoms with Gasteiger partial charge >= 0.3 is 5.97 Å². The molecule has 2 aromatic heterocycles. The van der Waals surface area contributed by atoms with Crippen LogP contribution in [0.1, 0.15) is 11.6 Å². The summed E-state index contributed by atoms with van der Waals surface area (Å²) in [6, 6.07) is 14.1. The zero-order chi connectivity index (χ0) is 18.1. The highest BCUT2D eigenvalue weighted by atomic mass is 16.5. The van der Waals surface area contributed by atoms with Gasteiger partial charge in [-0.2, -0.15) is 0 Å². The number of aromatic amines is 1. The maximum Gasteiger partial charge on any atom is 0.329 e. The van der Waals surface area contributed by atoms with Crippen LogP contribution in [-0.4, -0.2) is 27.6 Å². The van der Waals surface area contributed by atoms with Crippen molar-refractivity contribution in [2.24, 2.45) is 0 Å². The van der Waals surface area contributed by atoms with Gasteiger partial charge in [0.25, 0.3) is 5.56 Å². The number of methoxy groups -OCH3 is 1. The Balaban J connectivity index is 1.82. The molecule has 0 spiro atoms. The molecule has 1 atom stereocenters. The minimum Gasteiger partial charge on any atom is -0.467 e. The summed E-state index contributed by atoms with van der Waals surface area (Å²) < 4.78 is 6.32. The van der Waals surface area contributed by atoms with E-state index in [1.807, 2.05) is 36.5 Å². The molecule has 0 unspecified atom stereocenters. The predicted molar refractivity (Wildman–Crippen MR) is 99.1 cm³/mol. The molecule has 26 heavy (non-hydrogen) atoms. The third-order valence-electron chi connectivity index (χ3n) is 4.59. The second kappa shape index (κ2) is 6.48. The van der Waals surface area contributed by atoms with Crippen molar-refractivity contribution < 1.29 is 9.53 Å². The molecule has 4 aromatic rings. The number of H-pyrrole nitrogens is 1. The molecular formula is C20H17N3O3. The molecule has 1 N–H and O–H groups in total. The van der Waals surface area contributed by atoms with Crippen molar-refractivity contribution >= 4 is 27.8 Å². The third kappa shape index (κ3) is 2.65. The smallest absolute Gasteiger partial charge is 0.329 e. The number of ether oxygens (including phenoxy) is 1. The molecule has 4 rings (SSSR count). The van der Waals surface area contributed by atoms with Gasteiger partial charge in [-0.05, 0) is 23.8 Å². The number of nitrogens with zero attached hydrogens (tertiary/aromatic N) is 2. The van der Waals surface area contributed by atoms with Gasteiger partial charge in [-0.3, -0.25) is 9.36 Å². The highest BCUT2D eigenvalue weighted by molar-refractivity contribution is 5.84. The van der Waals surface area contributed by atoms with Crippen molar-refractivity contribution in [1.29, 1.82) is 0 Å². The Morgan fingerprint density at radius 1 is 1.15 bits per heavy atom. The van der Waals surface area contributed by atoms with Gasteiger partial charge in [-0.1, -0.05) is 30.3 Å². The van der Waals surface area contributed by atoms with E-state index in [9.17, 15) is 9.59 Å². The Bertz CT molecular complexity index is 1160. The van der Waals surface area contributed by atoms with Crippen LogP contribution in [0.15, 0.2) is 65.8 Å². The summed E-state index contributed by atoms with van der Waals surface area (Å²) >= 11 is 0. The molecule has 0 radical (unpaired) electrons. The number of carbonyl (C=O) groups excluding carboxylic acids is 1. The van der Waals surface area contributed by atoms with E-state index in [1.54, 1.807) is 18.2 Å². The van der Waals surface area contributed by atoms with Crippen molar-refractivity contribution in [3.63, 3.8) is 0 Å². The van der Waals surface area contributed by atoms with Gasteiger partial charge < -0.3 is 9.72 Å². The summed E-state index contributed by atoms with van der Waals surface area (Å²) in [7, 11) is 1.32. The summed E-state index contributed by atoms with van der Waals surface area (Å²) in [5.74, 6) is -0.477. The van der Waals surface area contributed by atoms with Gasteiger partial charge in [-0.25, -0.2) is 9.78 Å². The summed E-state index contributed by atoms with van der Waals surface area (Å²) in [5, 5.41) is 1.49. The first-order chi connectivity index (χ1) is 12.7. The van der Waals surface area contributed by atoms with E-state index < -0.39 is 12.0 Å². The number of nitrogens with one attached hydrogen (secondary N) is 1. The van der Waals surface area contributed by atoms with Crippen LogP contribution in [0, 0.1) is 0 Å². The molecule has 2 heterocycles. The Labute approximate surface area is 149 Å². The first-order valence-electron chi connectivity index (χ1n) is 8.27. The number of carbonyl (C=O) groups is 1. The maximum atomic E-state index is 12.9. The van der Waals surface area contributed by atoms with Gasteiger partial charge in [0.2, 0.25) is 0 Å². The van der Waals surface area contributed by atoms with E-state index in [0.717, 1.165) is 16.5 Å². The third-order valence-corrected chi connectivity index (χ3v) is 4.59. The van der Waals surface area contributed by atoms with Gasteiger partial charge in [0.1, 0.15) is 6.04 Å². The molecule has 0 bridgehead atoms. The van der Waals surface area contributed by atoms with Gasteiger partial charge in [-0.15, -0.1) is 0 Å². The summed E-state index contributed by atoms with van der Waals surface area (Å²) in [6.45, 7) is 0. The predicted octanol–water partition coefficient (Wildman–Crippen LogP) is 2.83. The van der Waals surface area contributed by atoms with Gasteiger partial charge in [0.15, 0.2) is 0 Å². The standard InChI is InChI=1S/C20H17N3O3/c1-26-20(25)18(10-13-11-21-16-8-4-2-6-14(13)16)23-12-22-17-9-5-3-7-15(17)19(23)24/h2-9,11-12,18,21H,10H2,1H3/t18-/m1/s1. The lowest BCUT2D eigenvalue weighted by atomic mass is 10.0. The van der Waals surface area contributed by atoms with E-state index >= 15 is 0 Å². The Kier molecular flexibility index (Phi) is 4.01. The molecule has 130 valence electrons. The average molecular weight is 347 g/mol. The minimum absolute atomic E-state index is 0.258. The number of hydrogen-bond donors (Lipinski definition) is 1. The molecule has 0 aliphatic heterocycles. The fourth-order valence-electron chi connectivity index (χ4n) is 3.25. The first-order valence-corrected chi connectivity index (χ1v) is 8.27. The lowest BCUT2D eigenvalue weighted by Crippen LogP contribution is -2.32. The molecule has 6 heteroatoms. The molecule has 0 saturated carbocycles. The fourth-order valence-corrected chi connectivity index (χ4v) is 3.25. The minimum atomic E-state index is -0.788. The van der Waals surface area contributed by atoms with Crippen LogP contribution in [0.5, 0.6) is 0 Å². The monoisotopic (exact) mass is 347 g/mol. The van der Waals surface area contributed by atoms with Crippen LogP contribution < -0.4 is 5.56 Å². The number of hydrogen-bond acceptors (Lipinski definition) is 4. The molecule has 0 amide bonds. The number of para-hydroxylation sites is 2. The van der Waals surface area contributed by atoms with Crippen LogP contribution in [0.25, 0.3) is 21.8 Å². The molecular weight excluding hydrogens is 330 g/mol. The van der Waals surface area contributed by atoms with E-state index in [1.165, 1.54) is 18.0 Å². The fraction of sp³-hybridized carbons (Fsp3) is 0.150. The molecule has 0 saturated heterocycles. The maximum absolute atomic E-state index is 12.9. The summed E-state index contributed by atoms with van der Waals surface area (Å²) in [4.78, 5) is 32.8. The normalized spacial score (nSPS) is 12.3. The van der Waals surface area contributed by atoms with Crippen LogP contribution in [0.3, 0.4) is 0 Å². The van der Waals surface area contributed by atoms with Crippen molar-refractivity contribution in [2.45, 2.75) is 12.5 Å². The average Bonchev–Trinajstić information content (AvgIpc) is 3.09. The van der Waals surface area contributed by atoms with Gasteiger partial charge in [0, 0.05) is 23.5 Å². The molecule has 0 fully saturated rings. The number of benzene rings is 2. The van der Waals surface area contributed by atoms with E-state index in [2.05, 4.69) is 9.97 Å². The highest BCUT2D eigenvalue weighted by Crippen LogP contribution is 2.23. The van der Waals surface area contributed by atoms with Crippen molar-refractivity contribution in [2.75, 3.05) is 7.11 Å². The SMILES string of the molecule is COC(=O)[C@@H](Cc1c[nH]c2ccccc12)n1cnc2ccccc2c1=O. The van der Waals surface area contributed by atoms with Crippen molar-refractivity contribution in [1.82, 2.24) is 14.5 Å². The molecule has 0 aliphatic carbocycles. The highest BCUT2D eigenvalue weighted by Gasteiger charge is 2.25. The zero-order valence-electron chi connectivity index (χ0n) is 14.2. The van der Waals surface area contributed by atoms with Crippen molar-refractivity contribution in [3.8, 4) is 0 Å². The first kappa shape index (κ1) is 16.1. The number of fused-ring (bicyclic) bond motifs is 2. The Morgan fingerprint density at radius 2 is 1.88 bits per heavy atom. The number of rotatable bonds is 4. The Morgan fingerprint density at radius 3 is 2.69 bits per heavy atom. The lowest BCUT2D eigenvalue weighted by molar-refractivity contribution is -0.144.